The van der Waals surface area contributed by atoms with Crippen molar-refractivity contribution in [1.29, 1.82) is 0 Å². The van der Waals surface area contributed by atoms with Crippen LogP contribution in [0.5, 0.6) is 0 Å². The lowest BCUT2D eigenvalue weighted by Crippen LogP contribution is -2.52. The Balaban J connectivity index is 1.92. The topological polar surface area (TPSA) is 145 Å². The Kier molecular flexibility index (Phi) is 8.95. The molecule has 1 amide bonds. The number of alkyl halides is 1. The number of benzene rings is 2. The molecule has 38 heavy (non-hydrogen) atoms. The van der Waals surface area contributed by atoms with Crippen molar-refractivity contribution in [2.75, 3.05) is 18.4 Å². The quantitative estimate of drug-likeness (QED) is 0.265. The fraction of sp³-hybridized carbons (Fsp3) is 0.440. The normalized spacial score (nSPS) is 14.1. The van der Waals surface area contributed by atoms with Crippen LogP contribution >= 0.6 is 0 Å². The van der Waals surface area contributed by atoms with Gasteiger partial charge in [0, 0.05) is 25.2 Å². The predicted octanol–water partition coefficient (Wildman–Crippen LogP) is 3.77. The minimum atomic E-state index is -4.39. The SMILES string of the molecule is CC(C)Nc1nc2ccc(S(=O)(=O)N(C[C@@H](O)[C@H](Cc3cccc(F)c3)NC(=O)O)CC(C)(C)F)cc2o1. The third-order valence-electron chi connectivity index (χ3n) is 5.47. The van der Waals surface area contributed by atoms with E-state index in [9.17, 15) is 32.2 Å². The number of carbonyl (C=O) groups is 1. The Hall–Kier alpha value is -3.29. The number of aromatic nitrogens is 1. The van der Waals surface area contributed by atoms with E-state index in [-0.39, 0.29) is 29.0 Å². The summed E-state index contributed by atoms with van der Waals surface area (Å²) < 4.78 is 62.0. The fourth-order valence-corrected chi connectivity index (χ4v) is 5.51. The number of amides is 1. The molecule has 0 aliphatic carbocycles. The average molecular weight is 555 g/mol. The summed E-state index contributed by atoms with van der Waals surface area (Å²) in [6.07, 6.45) is -3.19. The van der Waals surface area contributed by atoms with Gasteiger partial charge in [0.25, 0.3) is 6.01 Å². The van der Waals surface area contributed by atoms with Crippen molar-refractivity contribution in [2.45, 2.75) is 62.9 Å². The number of anilines is 1. The van der Waals surface area contributed by atoms with E-state index in [1.165, 1.54) is 50.2 Å². The molecule has 0 bridgehead atoms. The molecule has 0 fully saturated rings. The van der Waals surface area contributed by atoms with Gasteiger partial charge in [0.15, 0.2) is 5.58 Å². The lowest BCUT2D eigenvalue weighted by atomic mass is 10.0. The van der Waals surface area contributed by atoms with E-state index >= 15 is 0 Å². The van der Waals surface area contributed by atoms with Crippen LogP contribution in [0.25, 0.3) is 11.1 Å². The summed E-state index contributed by atoms with van der Waals surface area (Å²) in [5.74, 6) is -0.552. The van der Waals surface area contributed by atoms with E-state index in [0.29, 0.717) is 11.1 Å². The molecule has 4 N–H and O–H groups in total. The summed E-state index contributed by atoms with van der Waals surface area (Å²) >= 11 is 0. The van der Waals surface area contributed by atoms with Crippen molar-refractivity contribution in [3.8, 4) is 0 Å². The molecule has 208 valence electrons. The molecule has 1 aromatic heterocycles. The number of aliphatic hydroxyl groups excluding tert-OH is 1. The van der Waals surface area contributed by atoms with E-state index in [0.717, 1.165) is 4.31 Å². The number of aliphatic hydroxyl groups is 1. The Labute approximate surface area is 219 Å². The van der Waals surface area contributed by atoms with Crippen molar-refractivity contribution < 1.29 is 36.6 Å². The summed E-state index contributed by atoms with van der Waals surface area (Å²) in [7, 11) is -4.39. The number of oxazole rings is 1. The molecular formula is C25H32F2N4O6S. The summed E-state index contributed by atoms with van der Waals surface area (Å²) in [5.41, 5.74) is -1.02. The van der Waals surface area contributed by atoms with Crippen LogP contribution in [0.4, 0.5) is 19.6 Å². The summed E-state index contributed by atoms with van der Waals surface area (Å²) in [6, 6.07) is 8.39. The van der Waals surface area contributed by atoms with E-state index in [4.69, 9.17) is 4.42 Å². The maximum Gasteiger partial charge on any atom is 0.404 e. The molecule has 13 heteroatoms. The average Bonchev–Trinajstić information content (AvgIpc) is 3.17. The summed E-state index contributed by atoms with van der Waals surface area (Å²) in [5, 5.41) is 25.3. The van der Waals surface area contributed by atoms with Crippen molar-refractivity contribution in [1.82, 2.24) is 14.6 Å². The van der Waals surface area contributed by atoms with Gasteiger partial charge in [-0.05, 0) is 63.9 Å². The van der Waals surface area contributed by atoms with Crippen LogP contribution in [-0.4, -0.2) is 71.0 Å². The maximum absolute atomic E-state index is 14.7. The van der Waals surface area contributed by atoms with Gasteiger partial charge in [0.2, 0.25) is 10.0 Å². The minimum absolute atomic E-state index is 0.0229. The number of carboxylic acid groups (broad SMARTS) is 1. The molecule has 3 rings (SSSR count). The molecule has 0 spiro atoms. The zero-order valence-corrected chi connectivity index (χ0v) is 22.3. The highest BCUT2D eigenvalue weighted by Crippen LogP contribution is 2.27. The number of rotatable bonds is 12. The first-order valence-corrected chi connectivity index (χ1v) is 13.4. The van der Waals surface area contributed by atoms with Gasteiger partial charge in [-0.15, -0.1) is 0 Å². The number of hydrogen-bond acceptors (Lipinski definition) is 7. The van der Waals surface area contributed by atoms with Crippen LogP contribution in [0.1, 0.15) is 33.3 Å². The molecule has 1 heterocycles. The minimum Gasteiger partial charge on any atom is -0.465 e. The summed E-state index contributed by atoms with van der Waals surface area (Å²) in [6.45, 7) is 4.88. The molecule has 0 saturated carbocycles. The molecule has 2 aromatic carbocycles. The van der Waals surface area contributed by atoms with Gasteiger partial charge in [-0.3, -0.25) is 0 Å². The Morgan fingerprint density at radius 1 is 1.21 bits per heavy atom. The van der Waals surface area contributed by atoms with Gasteiger partial charge >= 0.3 is 6.09 Å². The van der Waals surface area contributed by atoms with Gasteiger partial charge in [0.1, 0.15) is 17.0 Å². The highest BCUT2D eigenvalue weighted by molar-refractivity contribution is 7.89. The monoisotopic (exact) mass is 554 g/mol. The van der Waals surface area contributed by atoms with Crippen LogP contribution in [0, 0.1) is 5.82 Å². The molecule has 0 aliphatic rings. The van der Waals surface area contributed by atoms with Crippen LogP contribution in [-0.2, 0) is 16.4 Å². The van der Waals surface area contributed by atoms with Crippen LogP contribution < -0.4 is 10.6 Å². The van der Waals surface area contributed by atoms with E-state index in [1.54, 1.807) is 6.07 Å². The van der Waals surface area contributed by atoms with Crippen molar-refractivity contribution in [3.63, 3.8) is 0 Å². The van der Waals surface area contributed by atoms with Crippen LogP contribution in [0.3, 0.4) is 0 Å². The van der Waals surface area contributed by atoms with Crippen molar-refractivity contribution in [2.24, 2.45) is 0 Å². The molecule has 10 nitrogen and oxygen atoms in total. The second kappa shape index (κ2) is 11.6. The van der Waals surface area contributed by atoms with Gasteiger partial charge in [-0.1, -0.05) is 12.1 Å². The van der Waals surface area contributed by atoms with Gasteiger partial charge in [0.05, 0.1) is 17.0 Å². The largest absolute Gasteiger partial charge is 0.465 e. The standard InChI is InChI=1S/C25H32F2N4O6S/c1-15(2)28-23-29-19-9-8-18(12-22(19)37-23)38(35,36)31(14-25(3,4)27)13-21(32)20(30-24(33)34)11-16-6-5-7-17(26)10-16/h5-10,12,15,20-21,30,32H,11,13-14H2,1-4H3,(H,28,29)(H,33,34)/t20-,21+/m0/s1. The summed E-state index contributed by atoms with van der Waals surface area (Å²) in [4.78, 5) is 15.4. The highest BCUT2D eigenvalue weighted by atomic mass is 32.2. The number of halogens is 2. The number of nitrogens with zero attached hydrogens (tertiary/aromatic N) is 2. The van der Waals surface area contributed by atoms with E-state index < -0.39 is 52.8 Å². The maximum atomic E-state index is 14.7. The molecule has 0 saturated heterocycles. The third kappa shape index (κ3) is 7.85. The van der Waals surface area contributed by atoms with E-state index in [2.05, 4.69) is 15.6 Å². The predicted molar refractivity (Wildman–Crippen MR) is 138 cm³/mol. The first-order valence-electron chi connectivity index (χ1n) is 11.9. The zero-order valence-electron chi connectivity index (χ0n) is 21.5. The Morgan fingerprint density at radius 2 is 1.92 bits per heavy atom. The van der Waals surface area contributed by atoms with Crippen molar-refractivity contribution >= 4 is 33.2 Å². The highest BCUT2D eigenvalue weighted by Gasteiger charge is 2.35. The van der Waals surface area contributed by atoms with Gasteiger partial charge in [-0.25, -0.2) is 22.0 Å². The van der Waals surface area contributed by atoms with Gasteiger partial charge < -0.3 is 25.3 Å². The first-order chi connectivity index (χ1) is 17.6. The smallest absolute Gasteiger partial charge is 0.404 e. The molecule has 0 radical (unpaired) electrons. The Morgan fingerprint density at radius 3 is 2.53 bits per heavy atom. The number of nitrogens with one attached hydrogen (secondary N) is 2. The first kappa shape index (κ1) is 29.3. The number of sulfonamides is 1. The van der Waals surface area contributed by atoms with E-state index in [1.807, 2.05) is 13.8 Å². The number of hydrogen-bond donors (Lipinski definition) is 4. The fourth-order valence-electron chi connectivity index (χ4n) is 3.89. The lowest BCUT2D eigenvalue weighted by Gasteiger charge is -2.31. The van der Waals surface area contributed by atoms with Crippen LogP contribution in [0.2, 0.25) is 0 Å². The van der Waals surface area contributed by atoms with Gasteiger partial charge in [-0.2, -0.15) is 9.29 Å². The number of fused-ring (bicyclic) bond motifs is 1. The molecular weight excluding hydrogens is 522 g/mol. The molecule has 2 atom stereocenters. The Bertz CT molecular complexity index is 1370. The second-order valence-electron chi connectivity index (χ2n) is 9.92. The lowest BCUT2D eigenvalue weighted by molar-refractivity contribution is 0.0841. The third-order valence-corrected chi connectivity index (χ3v) is 7.28. The molecule has 0 unspecified atom stereocenters. The molecule has 3 aromatic rings. The zero-order chi connectivity index (χ0) is 28.3. The molecule has 0 aliphatic heterocycles. The van der Waals surface area contributed by atoms with Crippen LogP contribution in [0.15, 0.2) is 51.8 Å². The second-order valence-corrected chi connectivity index (χ2v) is 11.9. The van der Waals surface area contributed by atoms with Crippen molar-refractivity contribution in [3.05, 3.63) is 53.8 Å².